The standard InChI is InChI=1S/C18H24N2O3S2/c1-5-11(2)17(21)19-18-20(14-7-6-12(3)13(4)8-14)15-9-25(22,23)10-16(15)24-18/h6-8,11,15-16H,5,9-10H2,1-4H3/t11-,15+,16+/m1/s1. The maximum Gasteiger partial charge on any atom is 0.250 e. The summed E-state index contributed by atoms with van der Waals surface area (Å²) in [5, 5.41) is 0.577. The lowest BCUT2D eigenvalue weighted by Crippen LogP contribution is -2.38. The second-order valence-electron chi connectivity index (χ2n) is 6.98. The maximum atomic E-state index is 12.3. The predicted molar refractivity (Wildman–Crippen MR) is 104 cm³/mol. The van der Waals surface area contributed by atoms with Crippen LogP contribution in [-0.4, -0.2) is 42.3 Å². The molecule has 136 valence electrons. The summed E-state index contributed by atoms with van der Waals surface area (Å²) in [5.41, 5.74) is 3.23. The SMILES string of the molecule is CC[C@@H](C)C(=O)N=C1S[C@H]2CS(=O)(=O)C[C@@H]2N1c1ccc(C)c(C)c1. The minimum atomic E-state index is -3.04. The highest BCUT2D eigenvalue weighted by Gasteiger charge is 2.49. The first kappa shape index (κ1) is 18.5. The molecule has 0 spiro atoms. The van der Waals surface area contributed by atoms with Crippen LogP contribution in [0.2, 0.25) is 0 Å². The van der Waals surface area contributed by atoms with Gasteiger partial charge in [-0.3, -0.25) is 4.79 Å². The number of amidine groups is 1. The lowest BCUT2D eigenvalue weighted by molar-refractivity contribution is -0.121. The molecule has 2 saturated heterocycles. The lowest BCUT2D eigenvalue weighted by atomic mass is 10.1. The van der Waals surface area contributed by atoms with Gasteiger partial charge in [0.25, 0.3) is 5.91 Å². The summed E-state index contributed by atoms with van der Waals surface area (Å²) in [4.78, 5) is 18.7. The Bertz CT molecular complexity index is 833. The Labute approximate surface area is 153 Å². The Hall–Kier alpha value is -1.34. The summed E-state index contributed by atoms with van der Waals surface area (Å²) in [6.07, 6.45) is 0.741. The van der Waals surface area contributed by atoms with Gasteiger partial charge in [-0.15, -0.1) is 0 Å². The molecular weight excluding hydrogens is 356 g/mol. The molecule has 3 rings (SSSR count). The number of aliphatic imine (C=N–C) groups is 1. The van der Waals surface area contributed by atoms with Crippen LogP contribution >= 0.6 is 11.8 Å². The van der Waals surface area contributed by atoms with Crippen LogP contribution in [0.3, 0.4) is 0 Å². The Kier molecular flexibility index (Phi) is 4.99. The van der Waals surface area contributed by atoms with E-state index < -0.39 is 9.84 Å². The predicted octanol–water partition coefficient (Wildman–Crippen LogP) is 2.95. The first-order valence-electron chi connectivity index (χ1n) is 8.58. The highest BCUT2D eigenvalue weighted by Crippen LogP contribution is 2.41. The minimum Gasteiger partial charge on any atom is -0.316 e. The number of aryl methyl sites for hydroxylation is 2. The summed E-state index contributed by atoms with van der Waals surface area (Å²) in [5.74, 6) is 0.00879. The number of carbonyl (C=O) groups is 1. The van der Waals surface area contributed by atoms with Crippen molar-refractivity contribution in [3.8, 4) is 0 Å². The smallest absolute Gasteiger partial charge is 0.250 e. The third-order valence-electron chi connectivity index (χ3n) is 5.08. The molecule has 1 aromatic rings. The van der Waals surface area contributed by atoms with Crippen LogP contribution in [0.5, 0.6) is 0 Å². The van der Waals surface area contributed by atoms with Gasteiger partial charge in [-0.2, -0.15) is 4.99 Å². The molecule has 25 heavy (non-hydrogen) atoms. The summed E-state index contributed by atoms with van der Waals surface area (Å²) < 4.78 is 24.2. The van der Waals surface area contributed by atoms with Gasteiger partial charge in [-0.25, -0.2) is 8.42 Å². The maximum absolute atomic E-state index is 12.3. The van der Waals surface area contributed by atoms with E-state index in [1.165, 1.54) is 17.3 Å². The van der Waals surface area contributed by atoms with Crippen LogP contribution in [-0.2, 0) is 14.6 Å². The second-order valence-corrected chi connectivity index (χ2v) is 10.3. The zero-order valence-corrected chi connectivity index (χ0v) is 16.7. The highest BCUT2D eigenvalue weighted by atomic mass is 32.2. The molecule has 2 heterocycles. The number of nitrogens with zero attached hydrogens (tertiary/aromatic N) is 2. The molecule has 2 aliphatic rings. The fraction of sp³-hybridized carbons (Fsp3) is 0.556. The molecule has 2 fully saturated rings. The van der Waals surface area contributed by atoms with E-state index in [9.17, 15) is 13.2 Å². The van der Waals surface area contributed by atoms with Crippen molar-refractivity contribution in [1.82, 2.24) is 0 Å². The zero-order chi connectivity index (χ0) is 18.4. The van der Waals surface area contributed by atoms with Gasteiger partial charge in [-0.05, 0) is 43.5 Å². The van der Waals surface area contributed by atoms with Crippen molar-refractivity contribution in [2.24, 2.45) is 10.9 Å². The number of rotatable bonds is 3. The summed E-state index contributed by atoms with van der Waals surface area (Å²) in [6.45, 7) is 7.92. The molecule has 5 nitrogen and oxygen atoms in total. The van der Waals surface area contributed by atoms with Crippen LogP contribution in [0.1, 0.15) is 31.4 Å². The number of anilines is 1. The third kappa shape index (κ3) is 3.62. The summed E-state index contributed by atoms with van der Waals surface area (Å²) >= 11 is 1.43. The first-order valence-corrected chi connectivity index (χ1v) is 11.3. The van der Waals surface area contributed by atoms with Gasteiger partial charge in [0.05, 0.1) is 17.5 Å². The molecule has 0 aliphatic carbocycles. The molecule has 3 atom stereocenters. The number of sulfone groups is 1. The van der Waals surface area contributed by atoms with E-state index in [0.717, 1.165) is 17.7 Å². The average molecular weight is 381 g/mol. The van der Waals surface area contributed by atoms with Gasteiger partial charge in [0, 0.05) is 16.9 Å². The van der Waals surface area contributed by atoms with E-state index >= 15 is 0 Å². The van der Waals surface area contributed by atoms with Crippen molar-refractivity contribution in [2.45, 2.75) is 45.4 Å². The number of thioether (sulfide) groups is 1. The largest absolute Gasteiger partial charge is 0.316 e. The Morgan fingerprint density at radius 2 is 2.04 bits per heavy atom. The van der Waals surface area contributed by atoms with E-state index in [1.54, 1.807) is 0 Å². The molecule has 0 unspecified atom stereocenters. The van der Waals surface area contributed by atoms with Crippen LogP contribution in [0, 0.1) is 19.8 Å². The number of amides is 1. The van der Waals surface area contributed by atoms with Crippen LogP contribution in [0.15, 0.2) is 23.2 Å². The third-order valence-corrected chi connectivity index (χ3v) is 8.28. The molecule has 0 aromatic heterocycles. The zero-order valence-electron chi connectivity index (χ0n) is 15.0. The van der Waals surface area contributed by atoms with Crippen molar-refractivity contribution in [2.75, 3.05) is 16.4 Å². The van der Waals surface area contributed by atoms with Gasteiger partial charge >= 0.3 is 0 Å². The van der Waals surface area contributed by atoms with Gasteiger partial charge in [0.1, 0.15) is 0 Å². The van der Waals surface area contributed by atoms with E-state index in [4.69, 9.17) is 0 Å². The number of hydrogen-bond donors (Lipinski definition) is 0. The van der Waals surface area contributed by atoms with E-state index in [1.807, 2.05) is 50.8 Å². The van der Waals surface area contributed by atoms with Crippen LogP contribution in [0.25, 0.3) is 0 Å². The number of fused-ring (bicyclic) bond motifs is 1. The highest BCUT2D eigenvalue weighted by molar-refractivity contribution is 8.16. The molecule has 1 amide bonds. The van der Waals surface area contributed by atoms with Crippen molar-refractivity contribution in [1.29, 1.82) is 0 Å². The fourth-order valence-electron chi connectivity index (χ4n) is 3.12. The monoisotopic (exact) mass is 380 g/mol. The topological polar surface area (TPSA) is 66.8 Å². The van der Waals surface area contributed by atoms with Gasteiger partial charge in [-0.1, -0.05) is 31.7 Å². The van der Waals surface area contributed by atoms with E-state index in [-0.39, 0.29) is 34.6 Å². The number of carbonyl (C=O) groups excluding carboxylic acids is 1. The van der Waals surface area contributed by atoms with Crippen LogP contribution < -0.4 is 4.90 Å². The molecular formula is C18H24N2O3S2. The van der Waals surface area contributed by atoms with Gasteiger partial charge in [0.2, 0.25) is 0 Å². The molecule has 0 radical (unpaired) electrons. The first-order chi connectivity index (χ1) is 11.7. The molecule has 0 saturated carbocycles. The Balaban J connectivity index is 2.02. The minimum absolute atomic E-state index is 0.0601. The van der Waals surface area contributed by atoms with E-state index in [2.05, 4.69) is 4.99 Å². The van der Waals surface area contributed by atoms with E-state index in [0.29, 0.717) is 5.17 Å². The second kappa shape index (κ2) is 6.76. The fourth-order valence-corrected chi connectivity index (χ4v) is 7.04. The quantitative estimate of drug-likeness (QED) is 0.806. The molecule has 2 aliphatic heterocycles. The van der Waals surface area contributed by atoms with Gasteiger partial charge in [0.15, 0.2) is 15.0 Å². The summed E-state index contributed by atoms with van der Waals surface area (Å²) in [7, 11) is -3.04. The van der Waals surface area contributed by atoms with Crippen LogP contribution in [0.4, 0.5) is 5.69 Å². The van der Waals surface area contributed by atoms with Gasteiger partial charge < -0.3 is 4.90 Å². The number of hydrogen-bond acceptors (Lipinski definition) is 4. The molecule has 0 bridgehead atoms. The Morgan fingerprint density at radius 3 is 2.68 bits per heavy atom. The molecule has 7 heteroatoms. The van der Waals surface area contributed by atoms with Crippen molar-refractivity contribution in [3.05, 3.63) is 29.3 Å². The summed E-state index contributed by atoms with van der Waals surface area (Å²) in [6, 6.07) is 5.91. The van der Waals surface area contributed by atoms with Crippen molar-refractivity contribution >= 4 is 38.4 Å². The van der Waals surface area contributed by atoms with Crippen molar-refractivity contribution < 1.29 is 13.2 Å². The molecule has 0 N–H and O–H groups in total. The normalized spacial score (nSPS) is 27.5. The molecule has 1 aromatic carbocycles. The Morgan fingerprint density at radius 1 is 1.32 bits per heavy atom. The van der Waals surface area contributed by atoms with Crippen molar-refractivity contribution in [3.63, 3.8) is 0 Å². The lowest BCUT2D eigenvalue weighted by Gasteiger charge is -2.25. The average Bonchev–Trinajstić information content (AvgIpc) is 3.00. The number of benzene rings is 1.